The zero-order valence-corrected chi connectivity index (χ0v) is 9.20. The molecular formula is C11H16ClNO. The summed E-state index contributed by atoms with van der Waals surface area (Å²) >= 11 is 5.82. The van der Waals surface area contributed by atoms with Crippen LogP contribution in [0.15, 0.2) is 24.3 Å². The molecule has 0 amide bonds. The first-order valence-corrected chi connectivity index (χ1v) is 5.09. The van der Waals surface area contributed by atoms with E-state index < -0.39 is 6.10 Å². The normalized spacial score (nSPS) is 15.6. The van der Waals surface area contributed by atoms with Gasteiger partial charge in [-0.25, -0.2) is 0 Å². The van der Waals surface area contributed by atoms with Crippen molar-refractivity contribution >= 4 is 11.6 Å². The minimum absolute atomic E-state index is 0.240. The van der Waals surface area contributed by atoms with Crippen LogP contribution in [0.5, 0.6) is 0 Å². The number of halogens is 1. The molecular weight excluding hydrogens is 198 g/mol. The van der Waals surface area contributed by atoms with Crippen LogP contribution in [0.4, 0.5) is 0 Å². The second-order valence-electron chi connectivity index (χ2n) is 3.82. The van der Waals surface area contributed by atoms with Gasteiger partial charge in [0.2, 0.25) is 0 Å². The molecule has 0 bridgehead atoms. The number of benzene rings is 1. The highest BCUT2D eigenvalue weighted by Crippen LogP contribution is 2.22. The third-order valence-electron chi connectivity index (χ3n) is 2.32. The van der Waals surface area contributed by atoms with Crippen LogP contribution in [0.1, 0.15) is 25.5 Å². The number of aliphatic hydroxyl groups excluding tert-OH is 1. The summed E-state index contributed by atoms with van der Waals surface area (Å²) in [4.78, 5) is 0. The first kappa shape index (κ1) is 11.5. The van der Waals surface area contributed by atoms with E-state index in [4.69, 9.17) is 17.3 Å². The minimum atomic E-state index is -0.645. The van der Waals surface area contributed by atoms with Crippen molar-refractivity contribution in [1.29, 1.82) is 0 Å². The Labute approximate surface area is 89.7 Å². The molecule has 78 valence electrons. The summed E-state index contributed by atoms with van der Waals surface area (Å²) in [6, 6.07) is 6.91. The van der Waals surface area contributed by atoms with Crippen molar-refractivity contribution in [1.82, 2.24) is 0 Å². The van der Waals surface area contributed by atoms with E-state index >= 15 is 0 Å². The predicted molar refractivity (Wildman–Crippen MR) is 59.2 cm³/mol. The van der Waals surface area contributed by atoms with E-state index in [9.17, 15) is 5.11 Å². The van der Waals surface area contributed by atoms with Gasteiger partial charge in [-0.2, -0.15) is 0 Å². The average Bonchev–Trinajstić information content (AvgIpc) is 2.15. The molecule has 3 heteroatoms. The summed E-state index contributed by atoms with van der Waals surface area (Å²) < 4.78 is 0. The van der Waals surface area contributed by atoms with Gasteiger partial charge in [0.05, 0.1) is 6.10 Å². The predicted octanol–water partition coefficient (Wildman–Crippen LogP) is 2.36. The molecule has 0 spiro atoms. The van der Waals surface area contributed by atoms with Crippen molar-refractivity contribution < 1.29 is 5.11 Å². The number of hydrogen-bond acceptors (Lipinski definition) is 2. The first-order valence-electron chi connectivity index (χ1n) is 4.71. The molecule has 0 heterocycles. The Bertz CT molecular complexity index is 301. The Morgan fingerprint density at radius 1 is 1.36 bits per heavy atom. The molecule has 3 N–H and O–H groups in total. The lowest BCUT2D eigenvalue weighted by Crippen LogP contribution is -2.33. The second kappa shape index (κ2) is 4.78. The van der Waals surface area contributed by atoms with Crippen LogP contribution in [-0.2, 0) is 0 Å². The highest BCUT2D eigenvalue weighted by molar-refractivity contribution is 6.30. The number of aliphatic hydroxyl groups is 1. The molecule has 1 aromatic rings. The summed E-state index contributed by atoms with van der Waals surface area (Å²) in [6.07, 6.45) is -0.645. The molecule has 1 aromatic carbocycles. The van der Waals surface area contributed by atoms with E-state index in [0.717, 1.165) is 5.56 Å². The van der Waals surface area contributed by atoms with Gasteiger partial charge in [0.25, 0.3) is 0 Å². The SMILES string of the molecule is CC(C)C(N)C(O)c1cccc(Cl)c1. The van der Waals surface area contributed by atoms with Crippen molar-refractivity contribution in [2.24, 2.45) is 11.7 Å². The summed E-state index contributed by atoms with van der Waals surface area (Å²) in [5.74, 6) is 0.240. The van der Waals surface area contributed by atoms with Crippen LogP contribution >= 0.6 is 11.6 Å². The second-order valence-corrected chi connectivity index (χ2v) is 4.26. The van der Waals surface area contributed by atoms with Gasteiger partial charge in [0.1, 0.15) is 0 Å². The van der Waals surface area contributed by atoms with Gasteiger partial charge >= 0.3 is 0 Å². The van der Waals surface area contributed by atoms with Crippen LogP contribution in [-0.4, -0.2) is 11.1 Å². The fourth-order valence-corrected chi connectivity index (χ4v) is 1.48. The van der Waals surface area contributed by atoms with Gasteiger partial charge in [-0.1, -0.05) is 37.6 Å². The fraction of sp³-hybridized carbons (Fsp3) is 0.455. The lowest BCUT2D eigenvalue weighted by Gasteiger charge is -2.22. The van der Waals surface area contributed by atoms with Gasteiger partial charge in [-0.15, -0.1) is 0 Å². The lowest BCUT2D eigenvalue weighted by atomic mass is 9.94. The van der Waals surface area contributed by atoms with Crippen molar-refractivity contribution in [3.8, 4) is 0 Å². The molecule has 0 saturated heterocycles. The maximum atomic E-state index is 9.90. The quantitative estimate of drug-likeness (QED) is 0.810. The van der Waals surface area contributed by atoms with E-state index in [1.807, 2.05) is 26.0 Å². The van der Waals surface area contributed by atoms with Gasteiger partial charge in [-0.3, -0.25) is 0 Å². The third kappa shape index (κ3) is 2.71. The molecule has 0 aliphatic heterocycles. The molecule has 0 saturated carbocycles. The summed E-state index contributed by atoms with van der Waals surface area (Å²) in [5, 5.41) is 10.5. The molecule has 0 fully saturated rings. The summed E-state index contributed by atoms with van der Waals surface area (Å²) in [7, 11) is 0. The first-order chi connectivity index (χ1) is 6.52. The number of hydrogen-bond donors (Lipinski definition) is 2. The van der Waals surface area contributed by atoms with Gasteiger partial charge < -0.3 is 10.8 Å². The Morgan fingerprint density at radius 2 is 2.00 bits per heavy atom. The number of nitrogens with two attached hydrogens (primary N) is 1. The molecule has 0 aliphatic carbocycles. The molecule has 2 unspecified atom stereocenters. The van der Waals surface area contributed by atoms with Crippen molar-refractivity contribution in [3.05, 3.63) is 34.9 Å². The zero-order chi connectivity index (χ0) is 10.7. The Balaban J connectivity index is 2.83. The Kier molecular flexibility index (Phi) is 3.93. The standard InChI is InChI=1S/C11H16ClNO/c1-7(2)10(13)11(14)8-4-3-5-9(12)6-8/h3-7,10-11,14H,13H2,1-2H3. The van der Waals surface area contributed by atoms with Gasteiger partial charge in [0, 0.05) is 11.1 Å². The Hall–Kier alpha value is -0.570. The van der Waals surface area contributed by atoms with Crippen molar-refractivity contribution in [2.75, 3.05) is 0 Å². The van der Waals surface area contributed by atoms with Crippen molar-refractivity contribution in [3.63, 3.8) is 0 Å². The van der Waals surface area contributed by atoms with E-state index in [1.165, 1.54) is 0 Å². The van der Waals surface area contributed by atoms with Crippen molar-refractivity contribution in [2.45, 2.75) is 26.0 Å². The van der Waals surface area contributed by atoms with E-state index in [-0.39, 0.29) is 12.0 Å². The van der Waals surface area contributed by atoms with E-state index in [1.54, 1.807) is 12.1 Å². The van der Waals surface area contributed by atoms with Crippen LogP contribution in [0, 0.1) is 5.92 Å². The maximum Gasteiger partial charge on any atom is 0.0943 e. The van der Waals surface area contributed by atoms with Crippen LogP contribution in [0.3, 0.4) is 0 Å². The van der Waals surface area contributed by atoms with Gasteiger partial charge in [0.15, 0.2) is 0 Å². The highest BCUT2D eigenvalue weighted by atomic mass is 35.5. The summed E-state index contributed by atoms with van der Waals surface area (Å²) in [5.41, 5.74) is 6.63. The molecule has 0 radical (unpaired) electrons. The fourth-order valence-electron chi connectivity index (χ4n) is 1.28. The third-order valence-corrected chi connectivity index (χ3v) is 2.56. The minimum Gasteiger partial charge on any atom is -0.387 e. The molecule has 0 aromatic heterocycles. The smallest absolute Gasteiger partial charge is 0.0943 e. The molecule has 1 rings (SSSR count). The lowest BCUT2D eigenvalue weighted by molar-refractivity contribution is 0.126. The van der Waals surface area contributed by atoms with E-state index in [2.05, 4.69) is 0 Å². The molecule has 2 nitrogen and oxygen atoms in total. The highest BCUT2D eigenvalue weighted by Gasteiger charge is 2.19. The van der Waals surface area contributed by atoms with Gasteiger partial charge in [-0.05, 0) is 23.6 Å². The van der Waals surface area contributed by atoms with Crippen LogP contribution in [0.25, 0.3) is 0 Å². The topological polar surface area (TPSA) is 46.2 Å². The van der Waals surface area contributed by atoms with Crippen LogP contribution in [0.2, 0.25) is 5.02 Å². The molecule has 14 heavy (non-hydrogen) atoms. The maximum absolute atomic E-state index is 9.90. The average molecular weight is 214 g/mol. The summed E-state index contributed by atoms with van der Waals surface area (Å²) in [6.45, 7) is 3.97. The zero-order valence-electron chi connectivity index (χ0n) is 8.44. The molecule has 2 atom stereocenters. The monoisotopic (exact) mass is 213 g/mol. The Morgan fingerprint density at radius 3 is 2.50 bits per heavy atom. The largest absolute Gasteiger partial charge is 0.387 e. The molecule has 0 aliphatic rings. The van der Waals surface area contributed by atoms with Crippen LogP contribution < -0.4 is 5.73 Å². The number of rotatable bonds is 3. The van der Waals surface area contributed by atoms with E-state index in [0.29, 0.717) is 5.02 Å².